The van der Waals surface area contributed by atoms with Gasteiger partial charge in [0.05, 0.1) is 34.6 Å². The highest BCUT2D eigenvalue weighted by atomic mass is 32.1. The minimum Gasteiger partial charge on any atom is -0.494 e. The number of aryl methyl sites for hydroxylation is 1. The maximum absolute atomic E-state index is 13.6. The van der Waals surface area contributed by atoms with E-state index in [1.54, 1.807) is 25.3 Å². The quantitative estimate of drug-likeness (QED) is 0.506. The lowest BCUT2D eigenvalue weighted by atomic mass is 9.96. The van der Waals surface area contributed by atoms with Crippen molar-refractivity contribution in [2.75, 3.05) is 6.61 Å². The number of hydrogen-bond donors (Lipinski definition) is 0. The van der Waals surface area contributed by atoms with Gasteiger partial charge in [0.15, 0.2) is 4.80 Å². The van der Waals surface area contributed by atoms with Crippen LogP contribution < -0.4 is 19.6 Å². The summed E-state index contributed by atoms with van der Waals surface area (Å²) in [5.74, 6) is 0.257. The summed E-state index contributed by atoms with van der Waals surface area (Å²) < 4.78 is 13.3. The molecule has 3 aromatic rings. The second-order valence-electron chi connectivity index (χ2n) is 8.45. The SMILES string of the molecule is CCOc1ccc([C@H]2C(C(=O)OC(C)C)=C(C)N=c3s/c(=C/c4ccc(C)cc4)c(=O)n32)cc1. The molecule has 0 unspecified atom stereocenters. The first-order chi connectivity index (χ1) is 16.3. The average Bonchev–Trinajstić information content (AvgIpc) is 3.09. The molecule has 0 saturated heterocycles. The van der Waals surface area contributed by atoms with Gasteiger partial charge in [-0.05, 0) is 64.0 Å². The summed E-state index contributed by atoms with van der Waals surface area (Å²) >= 11 is 1.32. The molecule has 1 aromatic heterocycles. The standard InChI is InChI=1S/C27H28N2O4S/c1-6-32-21-13-11-20(12-14-21)24-23(26(31)33-16(2)3)18(5)28-27-29(24)25(30)22(34-27)15-19-9-7-17(4)8-10-19/h7-16,24H,6H2,1-5H3/b22-15+/t24-/m0/s1. The van der Waals surface area contributed by atoms with E-state index < -0.39 is 12.0 Å². The van der Waals surface area contributed by atoms with Crippen molar-refractivity contribution in [1.29, 1.82) is 0 Å². The Morgan fingerprint density at radius 1 is 1.12 bits per heavy atom. The fourth-order valence-electron chi connectivity index (χ4n) is 3.90. The normalized spacial score (nSPS) is 15.8. The minimum absolute atomic E-state index is 0.189. The summed E-state index contributed by atoms with van der Waals surface area (Å²) in [6.45, 7) is 9.89. The number of rotatable bonds is 6. The van der Waals surface area contributed by atoms with Crippen molar-refractivity contribution in [1.82, 2.24) is 4.57 Å². The van der Waals surface area contributed by atoms with E-state index in [9.17, 15) is 9.59 Å². The maximum atomic E-state index is 13.6. The zero-order chi connectivity index (χ0) is 24.4. The number of fused-ring (bicyclic) bond motifs is 1. The summed E-state index contributed by atoms with van der Waals surface area (Å²) in [7, 11) is 0. The van der Waals surface area contributed by atoms with Crippen LogP contribution in [0.3, 0.4) is 0 Å². The monoisotopic (exact) mass is 476 g/mol. The Bertz CT molecular complexity index is 1410. The van der Waals surface area contributed by atoms with Gasteiger partial charge < -0.3 is 9.47 Å². The van der Waals surface area contributed by atoms with E-state index in [0.717, 1.165) is 22.4 Å². The van der Waals surface area contributed by atoms with Crippen LogP contribution in [0.5, 0.6) is 5.75 Å². The smallest absolute Gasteiger partial charge is 0.338 e. The lowest BCUT2D eigenvalue weighted by Gasteiger charge is -2.25. The molecule has 4 rings (SSSR count). The highest BCUT2D eigenvalue weighted by Gasteiger charge is 2.33. The van der Waals surface area contributed by atoms with Gasteiger partial charge in [-0.2, -0.15) is 0 Å². The van der Waals surface area contributed by atoms with Gasteiger partial charge in [-0.25, -0.2) is 9.79 Å². The fraction of sp³-hybridized carbons (Fsp3) is 0.296. The lowest BCUT2D eigenvalue weighted by Crippen LogP contribution is -2.40. The van der Waals surface area contributed by atoms with Crippen LogP contribution in [0.25, 0.3) is 6.08 Å². The molecule has 0 spiro atoms. The molecule has 7 heteroatoms. The largest absolute Gasteiger partial charge is 0.494 e. The van der Waals surface area contributed by atoms with Crippen molar-refractivity contribution in [3.8, 4) is 5.75 Å². The van der Waals surface area contributed by atoms with E-state index in [2.05, 4.69) is 4.99 Å². The van der Waals surface area contributed by atoms with Crippen LogP contribution in [0.1, 0.15) is 50.4 Å². The highest BCUT2D eigenvalue weighted by Crippen LogP contribution is 2.31. The molecule has 0 saturated carbocycles. The second-order valence-corrected chi connectivity index (χ2v) is 9.46. The molecule has 0 fully saturated rings. The molecular weight excluding hydrogens is 448 g/mol. The van der Waals surface area contributed by atoms with Crippen LogP contribution in [0, 0.1) is 6.92 Å². The van der Waals surface area contributed by atoms with Crippen LogP contribution in [0.15, 0.2) is 69.6 Å². The molecule has 2 aromatic carbocycles. The Hall–Kier alpha value is -3.45. The Balaban J connectivity index is 1.90. The molecule has 0 radical (unpaired) electrons. The van der Waals surface area contributed by atoms with Crippen LogP contribution in [0.2, 0.25) is 0 Å². The first-order valence-electron chi connectivity index (χ1n) is 11.3. The van der Waals surface area contributed by atoms with Crippen LogP contribution in [-0.4, -0.2) is 23.2 Å². The lowest BCUT2D eigenvalue weighted by molar-refractivity contribution is -0.143. The van der Waals surface area contributed by atoms with E-state index >= 15 is 0 Å². The zero-order valence-electron chi connectivity index (χ0n) is 20.0. The van der Waals surface area contributed by atoms with Crippen molar-refractivity contribution in [2.24, 2.45) is 4.99 Å². The summed E-state index contributed by atoms with van der Waals surface area (Å²) in [6, 6.07) is 14.8. The Morgan fingerprint density at radius 3 is 2.41 bits per heavy atom. The predicted octanol–water partition coefficient (Wildman–Crippen LogP) is 3.89. The van der Waals surface area contributed by atoms with Crippen LogP contribution in [-0.2, 0) is 9.53 Å². The van der Waals surface area contributed by atoms with Crippen molar-refractivity contribution in [3.05, 3.63) is 96.2 Å². The number of carbonyl (C=O) groups is 1. The van der Waals surface area contributed by atoms with E-state index in [1.807, 2.05) is 68.5 Å². The molecule has 2 heterocycles. The number of benzene rings is 2. The third-order valence-electron chi connectivity index (χ3n) is 5.47. The summed E-state index contributed by atoms with van der Waals surface area (Å²) in [5.41, 5.74) is 3.60. The van der Waals surface area contributed by atoms with Gasteiger partial charge in [0.25, 0.3) is 5.56 Å². The summed E-state index contributed by atoms with van der Waals surface area (Å²) in [6.07, 6.45) is 1.57. The van der Waals surface area contributed by atoms with Gasteiger partial charge in [-0.3, -0.25) is 9.36 Å². The molecule has 1 atom stereocenters. The Morgan fingerprint density at radius 2 is 1.79 bits per heavy atom. The van der Waals surface area contributed by atoms with Crippen LogP contribution in [0.4, 0.5) is 0 Å². The molecule has 0 aliphatic carbocycles. The van der Waals surface area contributed by atoms with Crippen molar-refractivity contribution in [2.45, 2.75) is 46.8 Å². The number of ether oxygens (including phenoxy) is 2. The van der Waals surface area contributed by atoms with Gasteiger partial charge >= 0.3 is 5.97 Å². The first kappa shape index (κ1) is 23.7. The topological polar surface area (TPSA) is 69.9 Å². The minimum atomic E-state index is -0.640. The number of aromatic nitrogens is 1. The molecule has 176 valence electrons. The van der Waals surface area contributed by atoms with E-state index in [-0.39, 0.29) is 11.7 Å². The number of carbonyl (C=O) groups excluding carboxylic acids is 1. The van der Waals surface area contributed by atoms with Gasteiger partial charge in [-0.1, -0.05) is 53.3 Å². The molecular formula is C27H28N2O4S. The Kier molecular flexibility index (Phi) is 6.84. The summed E-state index contributed by atoms with van der Waals surface area (Å²) in [5, 5.41) is 0. The number of esters is 1. The fourth-order valence-corrected chi connectivity index (χ4v) is 4.95. The van der Waals surface area contributed by atoms with Gasteiger partial charge in [-0.15, -0.1) is 0 Å². The van der Waals surface area contributed by atoms with Crippen molar-refractivity contribution < 1.29 is 14.3 Å². The number of allylic oxidation sites excluding steroid dienone is 1. The summed E-state index contributed by atoms with van der Waals surface area (Å²) in [4.78, 5) is 31.9. The van der Waals surface area contributed by atoms with Crippen molar-refractivity contribution in [3.63, 3.8) is 0 Å². The molecule has 1 aliphatic heterocycles. The van der Waals surface area contributed by atoms with E-state index in [1.165, 1.54) is 11.3 Å². The average molecular weight is 477 g/mol. The van der Waals surface area contributed by atoms with E-state index in [4.69, 9.17) is 9.47 Å². The predicted molar refractivity (Wildman–Crippen MR) is 134 cm³/mol. The van der Waals surface area contributed by atoms with Gasteiger partial charge in [0.2, 0.25) is 0 Å². The second kappa shape index (κ2) is 9.81. The van der Waals surface area contributed by atoms with Crippen LogP contribution >= 0.6 is 11.3 Å². The number of hydrogen-bond acceptors (Lipinski definition) is 6. The highest BCUT2D eigenvalue weighted by molar-refractivity contribution is 7.07. The van der Waals surface area contributed by atoms with Gasteiger partial charge in [0, 0.05) is 0 Å². The Labute approximate surface area is 202 Å². The number of nitrogens with zero attached hydrogens (tertiary/aromatic N) is 2. The van der Waals surface area contributed by atoms with E-state index in [0.29, 0.717) is 27.2 Å². The maximum Gasteiger partial charge on any atom is 0.338 e. The molecule has 0 N–H and O–H groups in total. The zero-order valence-corrected chi connectivity index (χ0v) is 20.8. The molecule has 0 bridgehead atoms. The third kappa shape index (κ3) is 4.75. The first-order valence-corrected chi connectivity index (χ1v) is 12.1. The molecule has 34 heavy (non-hydrogen) atoms. The van der Waals surface area contributed by atoms with Crippen molar-refractivity contribution >= 4 is 23.4 Å². The third-order valence-corrected chi connectivity index (χ3v) is 6.45. The molecule has 1 aliphatic rings. The molecule has 0 amide bonds. The van der Waals surface area contributed by atoms with Gasteiger partial charge in [0.1, 0.15) is 5.75 Å². The number of thiazole rings is 1. The molecule has 6 nitrogen and oxygen atoms in total.